The van der Waals surface area contributed by atoms with E-state index in [1.807, 2.05) is 68.2 Å². The quantitative estimate of drug-likeness (QED) is 0.151. The maximum absolute atomic E-state index is 15.1. The molecule has 4 aromatic carbocycles. The van der Waals surface area contributed by atoms with Gasteiger partial charge in [0.2, 0.25) is 0 Å². The van der Waals surface area contributed by atoms with E-state index in [0.29, 0.717) is 30.8 Å². The standard InChI is InChI=1S/C38H35N3O3S/c1-24-18-28(41-16-17-44-38(41)43)20-31(25(24)2)36(42)32(19-27-21-39-34-14-8-6-12-29(27)34)37(45-23-26-10-4-3-5-11-26)33-22-40-35-15-9-7-13-30(33)35/h3-15,18,20-22,32,37,39-40H,16-17,19,23H2,1-2H3. The molecule has 2 aromatic heterocycles. The summed E-state index contributed by atoms with van der Waals surface area (Å²) in [4.78, 5) is 36.2. The summed E-state index contributed by atoms with van der Waals surface area (Å²) >= 11 is 1.81. The fourth-order valence-corrected chi connectivity index (χ4v) is 7.86. The number of benzene rings is 4. The largest absolute Gasteiger partial charge is 0.447 e. The van der Waals surface area contributed by atoms with Crippen molar-refractivity contribution in [3.63, 3.8) is 0 Å². The number of ketones is 1. The van der Waals surface area contributed by atoms with E-state index in [4.69, 9.17) is 4.74 Å². The van der Waals surface area contributed by atoms with Crippen LogP contribution in [0.25, 0.3) is 21.8 Å². The number of aromatic nitrogens is 2. The van der Waals surface area contributed by atoms with Gasteiger partial charge < -0.3 is 14.7 Å². The number of nitrogens with one attached hydrogen (secondary N) is 2. The highest BCUT2D eigenvalue weighted by molar-refractivity contribution is 7.98. The molecule has 0 saturated carbocycles. The first-order chi connectivity index (χ1) is 22.0. The molecule has 2 unspecified atom stereocenters. The van der Waals surface area contributed by atoms with Crippen molar-refractivity contribution in [3.8, 4) is 0 Å². The zero-order chi connectivity index (χ0) is 30.9. The van der Waals surface area contributed by atoms with Gasteiger partial charge in [0, 0.05) is 62.4 Å². The van der Waals surface area contributed by atoms with Crippen molar-refractivity contribution in [1.82, 2.24) is 9.97 Å². The minimum atomic E-state index is -0.393. The summed E-state index contributed by atoms with van der Waals surface area (Å²) in [5.74, 6) is 0.447. The summed E-state index contributed by atoms with van der Waals surface area (Å²) in [6, 6.07) is 30.9. The molecular formula is C38H35N3O3S. The zero-order valence-electron chi connectivity index (χ0n) is 25.4. The van der Waals surface area contributed by atoms with Crippen molar-refractivity contribution in [2.75, 3.05) is 18.1 Å². The van der Waals surface area contributed by atoms with Crippen molar-refractivity contribution in [1.29, 1.82) is 0 Å². The first-order valence-corrected chi connectivity index (χ1v) is 16.4. The second kappa shape index (κ2) is 12.3. The van der Waals surface area contributed by atoms with Crippen molar-refractivity contribution in [3.05, 3.63) is 137 Å². The van der Waals surface area contributed by atoms with Gasteiger partial charge in [0.15, 0.2) is 5.78 Å². The number of para-hydroxylation sites is 2. The second-order valence-electron chi connectivity index (χ2n) is 11.7. The molecule has 1 amide bonds. The van der Waals surface area contributed by atoms with Crippen LogP contribution in [0.5, 0.6) is 0 Å². The molecule has 226 valence electrons. The van der Waals surface area contributed by atoms with Crippen LogP contribution in [0.3, 0.4) is 0 Å². The summed E-state index contributed by atoms with van der Waals surface area (Å²) in [5.41, 5.74) is 8.83. The van der Waals surface area contributed by atoms with Crippen LogP contribution in [0.15, 0.2) is 103 Å². The fourth-order valence-electron chi connectivity index (χ4n) is 6.47. The number of thioether (sulfide) groups is 1. The summed E-state index contributed by atoms with van der Waals surface area (Å²) < 4.78 is 5.24. The molecule has 3 heterocycles. The van der Waals surface area contributed by atoms with Gasteiger partial charge >= 0.3 is 6.09 Å². The van der Waals surface area contributed by atoms with Crippen LogP contribution in [-0.2, 0) is 16.9 Å². The maximum Gasteiger partial charge on any atom is 0.414 e. The Morgan fingerprint density at radius 2 is 1.58 bits per heavy atom. The van der Waals surface area contributed by atoms with Gasteiger partial charge in [0.25, 0.3) is 0 Å². The molecular weight excluding hydrogens is 579 g/mol. The van der Waals surface area contributed by atoms with Crippen molar-refractivity contribution < 1.29 is 14.3 Å². The highest BCUT2D eigenvalue weighted by Gasteiger charge is 2.35. The van der Waals surface area contributed by atoms with Crippen molar-refractivity contribution in [2.45, 2.75) is 31.3 Å². The third-order valence-electron chi connectivity index (χ3n) is 9.01. The highest BCUT2D eigenvalue weighted by atomic mass is 32.2. The van der Waals surface area contributed by atoms with E-state index in [0.717, 1.165) is 49.8 Å². The Morgan fingerprint density at radius 1 is 0.889 bits per heavy atom. The number of aromatic amines is 2. The predicted molar refractivity (Wildman–Crippen MR) is 183 cm³/mol. The molecule has 2 atom stereocenters. The Bertz CT molecular complexity index is 2010. The monoisotopic (exact) mass is 613 g/mol. The number of ether oxygens (including phenoxy) is 1. The molecule has 1 saturated heterocycles. The molecule has 1 aliphatic heterocycles. The van der Waals surface area contributed by atoms with Crippen molar-refractivity contribution in [2.24, 2.45) is 5.92 Å². The number of Topliss-reactive ketones (excluding diaryl/α,β-unsaturated/α-hetero) is 1. The van der Waals surface area contributed by atoms with Crippen LogP contribution < -0.4 is 4.90 Å². The number of rotatable bonds is 10. The lowest BCUT2D eigenvalue weighted by atomic mass is 9.83. The third kappa shape index (κ3) is 5.64. The van der Waals surface area contributed by atoms with E-state index in [2.05, 4.69) is 70.8 Å². The summed E-state index contributed by atoms with van der Waals surface area (Å²) in [6.45, 7) is 4.83. The molecule has 7 heteroatoms. The number of nitrogens with zero attached hydrogens (tertiary/aromatic N) is 1. The maximum atomic E-state index is 15.1. The van der Waals surface area contributed by atoms with E-state index >= 15 is 4.79 Å². The van der Waals surface area contributed by atoms with E-state index in [1.165, 1.54) is 5.56 Å². The first-order valence-electron chi connectivity index (χ1n) is 15.3. The van der Waals surface area contributed by atoms with Crippen molar-refractivity contribution >= 4 is 51.1 Å². The number of aryl methyl sites for hydroxylation is 1. The molecule has 0 spiro atoms. The Morgan fingerprint density at radius 3 is 2.33 bits per heavy atom. The highest BCUT2D eigenvalue weighted by Crippen LogP contribution is 2.45. The Balaban J connectivity index is 1.37. The fraction of sp³-hybridized carbons (Fsp3) is 0.211. The van der Waals surface area contributed by atoms with E-state index in [9.17, 15) is 4.79 Å². The average molecular weight is 614 g/mol. The lowest BCUT2D eigenvalue weighted by Gasteiger charge is -2.28. The van der Waals surface area contributed by atoms with Gasteiger partial charge in [0.05, 0.1) is 6.54 Å². The summed E-state index contributed by atoms with van der Waals surface area (Å²) in [5, 5.41) is 2.10. The molecule has 1 fully saturated rings. The number of hydrogen-bond donors (Lipinski definition) is 2. The number of cyclic esters (lactones) is 1. The van der Waals surface area contributed by atoms with E-state index in [1.54, 1.807) is 4.90 Å². The summed E-state index contributed by atoms with van der Waals surface area (Å²) in [6.07, 6.45) is 4.32. The number of carbonyl (C=O) groups excluding carboxylic acids is 2. The molecule has 0 bridgehead atoms. The molecule has 2 N–H and O–H groups in total. The molecule has 6 nitrogen and oxygen atoms in total. The van der Waals surface area contributed by atoms with Gasteiger partial charge in [-0.15, -0.1) is 11.8 Å². The van der Waals surface area contributed by atoms with Crippen LogP contribution in [0.4, 0.5) is 10.5 Å². The SMILES string of the molecule is Cc1cc(N2CCOC2=O)cc(C(=O)C(Cc2c[nH]c3ccccc23)C(SCc2ccccc2)c2c[nH]c3ccccc23)c1C. The van der Waals surface area contributed by atoms with Crippen LogP contribution in [0.2, 0.25) is 0 Å². The molecule has 1 aliphatic rings. The van der Waals surface area contributed by atoms with E-state index < -0.39 is 5.92 Å². The third-order valence-corrected chi connectivity index (χ3v) is 10.4. The number of carbonyl (C=O) groups is 2. The molecule has 45 heavy (non-hydrogen) atoms. The van der Waals surface area contributed by atoms with Gasteiger partial charge in [-0.3, -0.25) is 9.69 Å². The Kier molecular flexibility index (Phi) is 7.94. The lowest BCUT2D eigenvalue weighted by molar-refractivity contribution is 0.0916. The number of H-pyrrole nitrogens is 2. The second-order valence-corrected chi connectivity index (χ2v) is 12.9. The number of amides is 1. The molecule has 0 radical (unpaired) electrons. The van der Waals surface area contributed by atoms with Gasteiger partial charge in [0.1, 0.15) is 6.61 Å². The zero-order valence-corrected chi connectivity index (χ0v) is 26.2. The number of anilines is 1. The normalized spacial score (nSPS) is 14.6. The van der Waals surface area contributed by atoms with Gasteiger partial charge in [-0.2, -0.15) is 0 Å². The van der Waals surface area contributed by atoms with Gasteiger partial charge in [-0.25, -0.2) is 4.79 Å². The molecule has 0 aliphatic carbocycles. The van der Waals surface area contributed by atoms with Gasteiger partial charge in [-0.1, -0.05) is 66.7 Å². The average Bonchev–Trinajstić information content (AvgIpc) is 3.81. The van der Waals surface area contributed by atoms with Crippen LogP contribution in [0, 0.1) is 19.8 Å². The van der Waals surface area contributed by atoms with Crippen LogP contribution in [0.1, 0.15) is 43.4 Å². The minimum Gasteiger partial charge on any atom is -0.447 e. The van der Waals surface area contributed by atoms with Gasteiger partial charge in [-0.05, 0) is 72.4 Å². The lowest BCUT2D eigenvalue weighted by Crippen LogP contribution is -2.27. The Labute approximate surface area is 266 Å². The van der Waals surface area contributed by atoms with Crippen LogP contribution in [-0.4, -0.2) is 35.0 Å². The van der Waals surface area contributed by atoms with E-state index in [-0.39, 0.29) is 17.1 Å². The van der Waals surface area contributed by atoms with Crippen LogP contribution >= 0.6 is 11.8 Å². The topological polar surface area (TPSA) is 78.2 Å². The Hall–Kier alpha value is -4.75. The number of hydrogen-bond acceptors (Lipinski definition) is 4. The number of fused-ring (bicyclic) bond motifs is 2. The first kappa shape index (κ1) is 29.0. The summed E-state index contributed by atoms with van der Waals surface area (Å²) in [7, 11) is 0. The smallest absolute Gasteiger partial charge is 0.414 e. The molecule has 7 rings (SSSR count). The minimum absolute atomic E-state index is 0.0751. The predicted octanol–water partition coefficient (Wildman–Crippen LogP) is 8.94. The molecule has 6 aromatic rings.